The quantitative estimate of drug-likeness (QED) is 0.845. The molecule has 2 aromatic rings. The van der Waals surface area contributed by atoms with Gasteiger partial charge in [0.15, 0.2) is 0 Å². The van der Waals surface area contributed by atoms with Crippen molar-refractivity contribution in [3.8, 4) is 5.69 Å². The second-order valence-electron chi connectivity index (χ2n) is 7.27. The van der Waals surface area contributed by atoms with Crippen molar-refractivity contribution in [2.45, 2.75) is 43.7 Å². The van der Waals surface area contributed by atoms with Crippen LogP contribution in [0.2, 0.25) is 0 Å². The second kappa shape index (κ2) is 7.15. The normalized spacial score (nSPS) is 22.2. The van der Waals surface area contributed by atoms with Crippen molar-refractivity contribution in [2.24, 2.45) is 0 Å². The topological polar surface area (TPSA) is 84.7 Å². The van der Waals surface area contributed by atoms with E-state index in [1.165, 1.54) is 0 Å². The Labute approximate surface area is 157 Å². The maximum atomic E-state index is 13.3. The van der Waals surface area contributed by atoms with Gasteiger partial charge < -0.3 is 14.7 Å². The van der Waals surface area contributed by atoms with Crippen LogP contribution in [0.1, 0.15) is 47.7 Å². The third-order valence-electron chi connectivity index (χ3n) is 5.38. The molecule has 7 heteroatoms. The van der Waals surface area contributed by atoms with Gasteiger partial charge in [0.25, 0.3) is 5.91 Å². The lowest BCUT2D eigenvalue weighted by atomic mass is 10.1. The summed E-state index contributed by atoms with van der Waals surface area (Å²) >= 11 is 0. The molecule has 2 atom stereocenters. The molecular formula is C20H23N3O4. The lowest BCUT2D eigenvalue weighted by molar-refractivity contribution is -0.137. The van der Waals surface area contributed by atoms with Gasteiger partial charge in [-0.15, -0.1) is 0 Å². The van der Waals surface area contributed by atoms with Crippen molar-refractivity contribution in [2.75, 3.05) is 13.7 Å². The molecule has 1 aromatic heterocycles. The fourth-order valence-electron chi connectivity index (χ4n) is 3.89. The zero-order valence-corrected chi connectivity index (χ0v) is 15.2. The summed E-state index contributed by atoms with van der Waals surface area (Å²) < 4.78 is 7.24. The zero-order valence-electron chi connectivity index (χ0n) is 15.2. The van der Waals surface area contributed by atoms with Crippen LogP contribution in [0.4, 0.5) is 0 Å². The molecule has 1 N–H and O–H groups in total. The molecular weight excluding hydrogens is 346 g/mol. The molecule has 1 aromatic carbocycles. The molecule has 2 fully saturated rings. The molecule has 2 heterocycles. The largest absolute Gasteiger partial charge is 0.481 e. The highest BCUT2D eigenvalue weighted by atomic mass is 16.5. The lowest BCUT2D eigenvalue weighted by Gasteiger charge is -2.23. The molecule has 1 saturated carbocycles. The van der Waals surface area contributed by atoms with Gasteiger partial charge in [-0.3, -0.25) is 9.59 Å². The summed E-state index contributed by atoms with van der Waals surface area (Å²) in [6.07, 6.45) is 4.04. The van der Waals surface area contributed by atoms with Crippen molar-refractivity contribution >= 4 is 11.9 Å². The number of ether oxygens (including phenoxy) is 1. The number of carboxylic acid groups (broad SMARTS) is 1. The fourth-order valence-corrected chi connectivity index (χ4v) is 3.89. The SMILES string of the molecule is COC1CC(CC(=O)O)N(C(=O)c2cnn(-c3ccccc3)c2C2CC2)C1. The molecule has 4 rings (SSSR count). The van der Waals surface area contributed by atoms with Gasteiger partial charge in [0.05, 0.1) is 35.7 Å². The Morgan fingerprint density at radius 3 is 2.63 bits per heavy atom. The Kier molecular flexibility index (Phi) is 4.70. The summed E-state index contributed by atoms with van der Waals surface area (Å²) in [4.78, 5) is 26.2. The van der Waals surface area contributed by atoms with E-state index in [1.54, 1.807) is 18.2 Å². The van der Waals surface area contributed by atoms with Gasteiger partial charge >= 0.3 is 5.97 Å². The van der Waals surface area contributed by atoms with Crippen molar-refractivity contribution < 1.29 is 19.4 Å². The van der Waals surface area contributed by atoms with E-state index in [0.29, 0.717) is 24.4 Å². The van der Waals surface area contributed by atoms with E-state index in [1.807, 2.05) is 35.0 Å². The molecule has 142 valence electrons. The van der Waals surface area contributed by atoms with Crippen LogP contribution in [0.3, 0.4) is 0 Å². The molecule has 27 heavy (non-hydrogen) atoms. The molecule has 2 unspecified atom stereocenters. The molecule has 1 amide bonds. The highest BCUT2D eigenvalue weighted by Gasteiger charge is 2.40. The molecule has 0 radical (unpaired) electrons. The van der Waals surface area contributed by atoms with Crippen molar-refractivity contribution in [1.29, 1.82) is 0 Å². The summed E-state index contributed by atoms with van der Waals surface area (Å²) in [5, 5.41) is 13.7. The monoisotopic (exact) mass is 369 g/mol. The smallest absolute Gasteiger partial charge is 0.305 e. The van der Waals surface area contributed by atoms with Crippen molar-refractivity contribution in [3.63, 3.8) is 0 Å². The van der Waals surface area contributed by atoms with Crippen molar-refractivity contribution in [1.82, 2.24) is 14.7 Å². The van der Waals surface area contributed by atoms with E-state index >= 15 is 0 Å². The van der Waals surface area contributed by atoms with E-state index in [2.05, 4.69) is 5.10 Å². The van der Waals surface area contributed by atoms with Gasteiger partial charge in [0.2, 0.25) is 0 Å². The third kappa shape index (κ3) is 3.47. The Morgan fingerprint density at radius 1 is 1.26 bits per heavy atom. The average molecular weight is 369 g/mol. The minimum Gasteiger partial charge on any atom is -0.481 e. The number of carboxylic acids is 1. The number of aliphatic carboxylic acids is 1. The van der Waals surface area contributed by atoms with E-state index in [0.717, 1.165) is 24.2 Å². The van der Waals surface area contributed by atoms with Crippen LogP contribution in [0, 0.1) is 0 Å². The maximum Gasteiger partial charge on any atom is 0.305 e. The first-order chi connectivity index (χ1) is 13.1. The van der Waals surface area contributed by atoms with Gasteiger partial charge in [-0.2, -0.15) is 5.10 Å². The highest BCUT2D eigenvalue weighted by Crippen LogP contribution is 2.43. The number of carbonyl (C=O) groups is 2. The predicted molar refractivity (Wildman–Crippen MR) is 98.0 cm³/mol. The number of hydrogen-bond donors (Lipinski definition) is 1. The molecule has 1 saturated heterocycles. The number of nitrogens with zero attached hydrogens (tertiary/aromatic N) is 3. The molecule has 1 aliphatic heterocycles. The van der Waals surface area contributed by atoms with Crippen LogP contribution >= 0.6 is 0 Å². The van der Waals surface area contributed by atoms with E-state index < -0.39 is 5.97 Å². The Morgan fingerprint density at radius 2 is 2.00 bits per heavy atom. The number of benzene rings is 1. The highest BCUT2D eigenvalue weighted by molar-refractivity contribution is 5.96. The molecule has 7 nitrogen and oxygen atoms in total. The summed E-state index contributed by atoms with van der Waals surface area (Å²) in [7, 11) is 1.60. The number of rotatable bonds is 6. The van der Waals surface area contributed by atoms with Crippen molar-refractivity contribution in [3.05, 3.63) is 47.8 Å². The summed E-state index contributed by atoms with van der Waals surface area (Å²) in [5.41, 5.74) is 2.44. The summed E-state index contributed by atoms with van der Waals surface area (Å²) in [6.45, 7) is 0.411. The van der Waals surface area contributed by atoms with E-state index in [-0.39, 0.29) is 24.5 Å². The molecule has 1 aliphatic carbocycles. The van der Waals surface area contributed by atoms with Gasteiger partial charge in [0, 0.05) is 25.6 Å². The fraction of sp³-hybridized carbons (Fsp3) is 0.450. The molecule has 2 aliphatic rings. The average Bonchev–Trinajstić information content (AvgIpc) is 3.28. The standard InChI is InChI=1S/C20H23N3O4/c1-27-16-9-15(10-18(24)25)22(12-16)20(26)17-11-21-23(19(17)13-7-8-13)14-5-3-2-4-6-14/h2-6,11,13,15-16H,7-10,12H2,1H3,(H,24,25). The number of aromatic nitrogens is 2. The molecule has 0 spiro atoms. The minimum absolute atomic E-state index is 0.0722. The number of para-hydroxylation sites is 1. The van der Waals surface area contributed by atoms with Gasteiger partial charge in [0.1, 0.15) is 0 Å². The van der Waals surface area contributed by atoms with Gasteiger partial charge in [-0.05, 0) is 31.4 Å². The first kappa shape index (κ1) is 17.7. The van der Waals surface area contributed by atoms with Crippen LogP contribution in [-0.2, 0) is 9.53 Å². The Hall–Kier alpha value is -2.67. The van der Waals surface area contributed by atoms with Crippen LogP contribution in [-0.4, -0.2) is 57.5 Å². The predicted octanol–water partition coefficient (Wildman–Crippen LogP) is 2.45. The number of carbonyl (C=O) groups excluding carboxylic acids is 1. The van der Waals surface area contributed by atoms with Crippen LogP contribution in [0.15, 0.2) is 36.5 Å². The zero-order chi connectivity index (χ0) is 19.0. The van der Waals surface area contributed by atoms with E-state index in [9.17, 15) is 14.7 Å². The lowest BCUT2D eigenvalue weighted by Crippen LogP contribution is -2.37. The van der Waals surface area contributed by atoms with Gasteiger partial charge in [-0.1, -0.05) is 18.2 Å². The summed E-state index contributed by atoms with van der Waals surface area (Å²) in [5.74, 6) is -0.729. The number of methoxy groups -OCH3 is 1. The van der Waals surface area contributed by atoms with E-state index in [4.69, 9.17) is 4.74 Å². The number of hydrogen-bond acceptors (Lipinski definition) is 4. The third-order valence-corrected chi connectivity index (χ3v) is 5.38. The molecule has 0 bridgehead atoms. The minimum atomic E-state index is -0.906. The van der Waals surface area contributed by atoms with Crippen LogP contribution < -0.4 is 0 Å². The van der Waals surface area contributed by atoms with Crippen LogP contribution in [0.5, 0.6) is 0 Å². The number of amides is 1. The Balaban J connectivity index is 1.67. The number of likely N-dealkylation sites (tertiary alicyclic amines) is 1. The first-order valence-corrected chi connectivity index (χ1v) is 9.27. The van der Waals surface area contributed by atoms with Crippen LogP contribution in [0.25, 0.3) is 5.69 Å². The Bertz CT molecular complexity index is 844. The second-order valence-corrected chi connectivity index (χ2v) is 7.27. The first-order valence-electron chi connectivity index (χ1n) is 9.27. The maximum absolute atomic E-state index is 13.3. The summed E-state index contributed by atoms with van der Waals surface area (Å²) in [6, 6.07) is 9.42. The van der Waals surface area contributed by atoms with Gasteiger partial charge in [-0.25, -0.2) is 4.68 Å².